The van der Waals surface area contributed by atoms with Crippen LogP contribution in [-0.4, -0.2) is 23.0 Å². The Hall–Kier alpha value is -1.46. The summed E-state index contributed by atoms with van der Waals surface area (Å²) in [6, 6.07) is 7.29. The molecule has 3 heterocycles. The third-order valence-corrected chi connectivity index (χ3v) is 5.49. The number of nitrogens with zero attached hydrogens (tertiary/aromatic N) is 1. The van der Waals surface area contributed by atoms with Crippen molar-refractivity contribution in [3.8, 4) is 0 Å². The van der Waals surface area contributed by atoms with Gasteiger partial charge in [0.1, 0.15) is 0 Å². The largest absolute Gasteiger partial charge is 0.359 e. The molecule has 2 bridgehead atoms. The number of carbonyl (C=O) groups excluding carboxylic acids is 2. The minimum absolute atomic E-state index is 0.174. The van der Waals surface area contributed by atoms with Crippen molar-refractivity contribution in [3.63, 3.8) is 0 Å². The number of amides is 2. The van der Waals surface area contributed by atoms with Gasteiger partial charge in [0.05, 0.1) is 28.7 Å². The van der Waals surface area contributed by atoms with Gasteiger partial charge in [-0.15, -0.1) is 0 Å². The molecule has 4 nitrogen and oxygen atoms in total. The second kappa shape index (κ2) is 3.84. The van der Waals surface area contributed by atoms with Crippen LogP contribution in [0.1, 0.15) is 13.8 Å². The number of ether oxygens (including phenoxy) is 1. The highest BCUT2D eigenvalue weighted by Crippen LogP contribution is 2.57. The van der Waals surface area contributed by atoms with Crippen molar-refractivity contribution >= 4 is 33.4 Å². The Bertz CT molecular complexity index is 679. The van der Waals surface area contributed by atoms with Crippen LogP contribution in [0.25, 0.3) is 0 Å². The number of anilines is 1. The molecule has 21 heavy (non-hydrogen) atoms. The lowest BCUT2D eigenvalue weighted by Crippen LogP contribution is -2.39. The topological polar surface area (TPSA) is 46.6 Å². The van der Waals surface area contributed by atoms with Crippen molar-refractivity contribution in [2.75, 3.05) is 4.90 Å². The lowest BCUT2D eigenvalue weighted by atomic mass is 9.73. The first-order valence-electron chi connectivity index (χ1n) is 6.90. The molecule has 2 amide bonds. The van der Waals surface area contributed by atoms with Crippen LogP contribution < -0.4 is 4.90 Å². The van der Waals surface area contributed by atoms with Gasteiger partial charge < -0.3 is 4.74 Å². The van der Waals surface area contributed by atoms with Gasteiger partial charge >= 0.3 is 0 Å². The fourth-order valence-electron chi connectivity index (χ4n) is 3.90. The van der Waals surface area contributed by atoms with Gasteiger partial charge in [-0.2, -0.15) is 0 Å². The molecule has 0 spiro atoms. The van der Waals surface area contributed by atoms with Crippen molar-refractivity contribution in [1.82, 2.24) is 0 Å². The molecule has 0 aliphatic carbocycles. The summed E-state index contributed by atoms with van der Waals surface area (Å²) in [6.07, 6.45) is 3.84. The van der Waals surface area contributed by atoms with E-state index in [1.54, 1.807) is 6.07 Å². The second-order valence-corrected chi connectivity index (χ2v) is 7.08. The highest BCUT2D eigenvalue weighted by molar-refractivity contribution is 9.10. The number of imide groups is 1. The molecule has 4 atom stereocenters. The van der Waals surface area contributed by atoms with Crippen LogP contribution in [0.5, 0.6) is 0 Å². The predicted molar refractivity (Wildman–Crippen MR) is 80.7 cm³/mol. The van der Waals surface area contributed by atoms with Crippen molar-refractivity contribution < 1.29 is 14.3 Å². The van der Waals surface area contributed by atoms with E-state index >= 15 is 0 Å². The third kappa shape index (κ3) is 1.48. The Labute approximate surface area is 130 Å². The van der Waals surface area contributed by atoms with E-state index in [0.717, 1.165) is 4.47 Å². The number of hydrogen-bond acceptors (Lipinski definition) is 3. The molecule has 1 aromatic carbocycles. The molecule has 0 unspecified atom stereocenters. The maximum atomic E-state index is 12.9. The van der Waals surface area contributed by atoms with Crippen molar-refractivity contribution in [2.45, 2.75) is 25.0 Å². The van der Waals surface area contributed by atoms with Gasteiger partial charge in [0, 0.05) is 4.47 Å². The Morgan fingerprint density at radius 3 is 2.10 bits per heavy atom. The van der Waals surface area contributed by atoms with Crippen molar-refractivity contribution in [1.29, 1.82) is 0 Å². The molecule has 108 valence electrons. The van der Waals surface area contributed by atoms with Crippen LogP contribution in [0.3, 0.4) is 0 Å². The summed E-state index contributed by atoms with van der Waals surface area (Å²) in [5.74, 6) is -1.22. The Morgan fingerprint density at radius 1 is 1.05 bits per heavy atom. The van der Waals surface area contributed by atoms with E-state index in [4.69, 9.17) is 4.74 Å². The first kappa shape index (κ1) is 13.2. The van der Waals surface area contributed by atoms with E-state index in [1.165, 1.54) is 4.90 Å². The third-order valence-electron chi connectivity index (χ3n) is 4.82. The lowest BCUT2D eigenvalue weighted by Gasteiger charge is -2.25. The van der Waals surface area contributed by atoms with E-state index in [1.807, 2.05) is 44.2 Å². The molecule has 0 saturated carbocycles. The first-order chi connectivity index (χ1) is 9.87. The number of carbonyl (C=O) groups is 2. The van der Waals surface area contributed by atoms with Gasteiger partial charge in [0.15, 0.2) is 0 Å². The Morgan fingerprint density at radius 2 is 1.57 bits per heavy atom. The standard InChI is InChI=1S/C16H14BrNO3/c1-15-7-8-16(2,21-15)12-11(15)13(19)18(14(12)20)10-6-4-3-5-9(10)17/h3-8,11-12H,1-2H3/t11-,12+,15+,16-. The maximum absolute atomic E-state index is 12.9. The summed E-state index contributed by atoms with van der Waals surface area (Å²) in [4.78, 5) is 27.0. The van der Waals surface area contributed by atoms with Crippen LogP contribution >= 0.6 is 15.9 Å². The van der Waals surface area contributed by atoms with E-state index in [9.17, 15) is 9.59 Å². The summed E-state index contributed by atoms with van der Waals surface area (Å²) in [5.41, 5.74) is -0.752. The van der Waals surface area contributed by atoms with Gasteiger partial charge in [0.2, 0.25) is 11.8 Å². The van der Waals surface area contributed by atoms with Crippen LogP contribution in [0.15, 0.2) is 40.9 Å². The molecule has 0 N–H and O–H groups in total. The number of rotatable bonds is 1. The number of hydrogen-bond donors (Lipinski definition) is 0. The summed E-state index contributed by atoms with van der Waals surface area (Å²) >= 11 is 3.42. The monoisotopic (exact) mass is 347 g/mol. The maximum Gasteiger partial charge on any atom is 0.241 e. The fourth-order valence-corrected chi connectivity index (χ4v) is 4.36. The Kier molecular flexibility index (Phi) is 2.42. The second-order valence-electron chi connectivity index (χ2n) is 6.22. The molecule has 3 aliphatic rings. The number of benzene rings is 1. The molecule has 2 fully saturated rings. The van der Waals surface area contributed by atoms with Gasteiger partial charge in [-0.1, -0.05) is 24.3 Å². The van der Waals surface area contributed by atoms with Gasteiger partial charge in [0.25, 0.3) is 0 Å². The van der Waals surface area contributed by atoms with Gasteiger partial charge in [-0.05, 0) is 41.9 Å². The van der Waals surface area contributed by atoms with Crippen LogP contribution in [-0.2, 0) is 14.3 Å². The summed E-state index contributed by atoms with van der Waals surface area (Å²) in [5, 5.41) is 0. The summed E-state index contributed by atoms with van der Waals surface area (Å²) in [7, 11) is 0. The zero-order valence-electron chi connectivity index (χ0n) is 11.7. The minimum atomic E-state index is -0.678. The highest BCUT2D eigenvalue weighted by atomic mass is 79.9. The van der Waals surface area contributed by atoms with E-state index < -0.39 is 23.0 Å². The predicted octanol–water partition coefficient (Wildman–Crippen LogP) is 2.67. The minimum Gasteiger partial charge on any atom is -0.359 e. The van der Waals surface area contributed by atoms with E-state index in [2.05, 4.69) is 15.9 Å². The highest BCUT2D eigenvalue weighted by Gasteiger charge is 2.70. The van der Waals surface area contributed by atoms with Crippen molar-refractivity contribution in [3.05, 3.63) is 40.9 Å². The fraction of sp³-hybridized carbons (Fsp3) is 0.375. The summed E-state index contributed by atoms with van der Waals surface area (Å²) < 4.78 is 6.72. The number of fused-ring (bicyclic) bond motifs is 5. The van der Waals surface area contributed by atoms with E-state index in [0.29, 0.717) is 5.69 Å². The SMILES string of the molecule is C[C@]12C=C[C@](C)(O1)[C@H]1C(=O)N(c3ccccc3Br)C(=O)[C@H]12. The molecule has 0 aromatic heterocycles. The zero-order valence-corrected chi connectivity index (χ0v) is 13.3. The molecule has 1 aromatic rings. The normalized spacial score (nSPS) is 40.2. The first-order valence-corrected chi connectivity index (χ1v) is 7.70. The van der Waals surface area contributed by atoms with E-state index in [-0.39, 0.29) is 11.8 Å². The van der Waals surface area contributed by atoms with Gasteiger partial charge in [-0.3, -0.25) is 9.59 Å². The molecular weight excluding hydrogens is 334 g/mol. The Balaban J connectivity index is 1.85. The van der Waals surface area contributed by atoms with Gasteiger partial charge in [-0.25, -0.2) is 4.90 Å². The molecule has 4 rings (SSSR count). The summed E-state index contributed by atoms with van der Waals surface area (Å²) in [6.45, 7) is 3.77. The quantitative estimate of drug-likeness (QED) is 0.579. The lowest BCUT2D eigenvalue weighted by molar-refractivity contribution is -0.128. The molecule has 5 heteroatoms. The number of para-hydroxylation sites is 1. The van der Waals surface area contributed by atoms with Crippen LogP contribution in [0.2, 0.25) is 0 Å². The molecule has 3 aliphatic heterocycles. The smallest absolute Gasteiger partial charge is 0.241 e. The average molecular weight is 348 g/mol. The zero-order chi connectivity index (χ0) is 15.0. The number of halogens is 1. The van der Waals surface area contributed by atoms with Crippen LogP contribution in [0, 0.1) is 11.8 Å². The molecule has 0 radical (unpaired) electrons. The molecule has 2 saturated heterocycles. The average Bonchev–Trinajstić information content (AvgIpc) is 2.97. The van der Waals surface area contributed by atoms with Crippen LogP contribution in [0.4, 0.5) is 5.69 Å². The van der Waals surface area contributed by atoms with Crippen molar-refractivity contribution in [2.24, 2.45) is 11.8 Å². The molecular formula is C16H14BrNO3.